The van der Waals surface area contributed by atoms with E-state index in [-0.39, 0.29) is 6.61 Å². The first-order chi connectivity index (χ1) is 6.54. The van der Waals surface area contributed by atoms with Crippen LogP contribution in [0.1, 0.15) is 13.8 Å². The van der Waals surface area contributed by atoms with E-state index in [0.717, 1.165) is 6.92 Å². The number of phenols is 1. The van der Waals surface area contributed by atoms with Gasteiger partial charge in [0.25, 0.3) is 5.97 Å². The summed E-state index contributed by atoms with van der Waals surface area (Å²) in [6, 6.07) is 8.71. The maximum atomic E-state index is 9.00. The van der Waals surface area contributed by atoms with E-state index in [4.69, 9.17) is 20.1 Å². The molecule has 0 spiro atoms. The van der Waals surface area contributed by atoms with Gasteiger partial charge in [0.2, 0.25) is 0 Å². The highest BCUT2D eigenvalue weighted by molar-refractivity contribution is 5.62. The van der Waals surface area contributed by atoms with E-state index in [0.29, 0.717) is 5.75 Å². The highest BCUT2D eigenvalue weighted by atomic mass is 16.4. The molecule has 0 bridgehead atoms. The van der Waals surface area contributed by atoms with Crippen molar-refractivity contribution in [1.29, 1.82) is 0 Å². The molecule has 0 aliphatic carbocycles. The lowest BCUT2D eigenvalue weighted by molar-refractivity contribution is -0.134. The highest BCUT2D eigenvalue weighted by Crippen LogP contribution is 2.02. The number of rotatable bonds is 0. The summed E-state index contributed by atoms with van der Waals surface area (Å²) < 4.78 is 0. The summed E-state index contributed by atoms with van der Waals surface area (Å²) in [5, 5.41) is 23.6. The minimum absolute atomic E-state index is 0.250. The molecule has 80 valence electrons. The zero-order chi connectivity index (χ0) is 11.4. The number of hydrogen-bond acceptors (Lipinski definition) is 3. The van der Waals surface area contributed by atoms with Gasteiger partial charge in [0, 0.05) is 13.5 Å². The maximum absolute atomic E-state index is 9.00. The smallest absolute Gasteiger partial charge is 0.300 e. The number of aliphatic carboxylic acids is 1. The van der Waals surface area contributed by atoms with Gasteiger partial charge in [0.1, 0.15) is 5.75 Å². The minimum Gasteiger partial charge on any atom is -0.508 e. The molecule has 1 aromatic rings. The van der Waals surface area contributed by atoms with Crippen molar-refractivity contribution < 1.29 is 20.1 Å². The van der Waals surface area contributed by atoms with Crippen molar-refractivity contribution in [2.24, 2.45) is 0 Å². The second-order valence-electron chi connectivity index (χ2n) is 2.17. The number of carboxylic acid groups (broad SMARTS) is 1. The first kappa shape index (κ1) is 14.9. The van der Waals surface area contributed by atoms with Gasteiger partial charge in [-0.05, 0) is 19.1 Å². The minimum atomic E-state index is -0.833. The molecule has 3 N–H and O–H groups in total. The average molecular weight is 200 g/mol. The molecule has 0 aliphatic heterocycles. The molecule has 4 nitrogen and oxygen atoms in total. The molecule has 0 atom stereocenters. The van der Waals surface area contributed by atoms with Crippen LogP contribution >= 0.6 is 0 Å². The quantitative estimate of drug-likeness (QED) is 0.592. The van der Waals surface area contributed by atoms with Crippen molar-refractivity contribution in [2.45, 2.75) is 13.8 Å². The van der Waals surface area contributed by atoms with Gasteiger partial charge in [-0.3, -0.25) is 4.79 Å². The lowest BCUT2D eigenvalue weighted by Gasteiger charge is -1.82. The summed E-state index contributed by atoms with van der Waals surface area (Å²) in [6.07, 6.45) is 0. The predicted octanol–water partition coefficient (Wildman–Crippen LogP) is 1.48. The Bertz CT molecular complexity index is 217. The van der Waals surface area contributed by atoms with Crippen LogP contribution < -0.4 is 0 Å². The maximum Gasteiger partial charge on any atom is 0.300 e. The number of phenolic OH excluding ortho intramolecular Hbond substituents is 1. The lowest BCUT2D eigenvalue weighted by atomic mass is 10.3. The van der Waals surface area contributed by atoms with E-state index in [1.54, 1.807) is 31.2 Å². The second kappa shape index (κ2) is 11.4. The standard InChI is InChI=1S/C6H6O.C2H4O2.C2H6O/c7-6-4-2-1-3-5-6;1-2(3)4;1-2-3/h1-5,7H;1H3,(H,3,4);3H,2H2,1H3. The molecule has 1 rings (SSSR count). The third kappa shape index (κ3) is 22.4. The molecule has 0 fully saturated rings. The van der Waals surface area contributed by atoms with Crippen LogP contribution in [0.5, 0.6) is 5.75 Å². The molecule has 0 aromatic heterocycles. The molecular weight excluding hydrogens is 184 g/mol. The summed E-state index contributed by atoms with van der Waals surface area (Å²) >= 11 is 0. The van der Waals surface area contributed by atoms with Gasteiger partial charge < -0.3 is 15.3 Å². The number of aliphatic hydroxyl groups excluding tert-OH is 1. The molecule has 0 radical (unpaired) electrons. The number of carboxylic acids is 1. The Kier molecular flexibility index (Phi) is 12.2. The summed E-state index contributed by atoms with van der Waals surface area (Å²) in [5.41, 5.74) is 0. The zero-order valence-electron chi connectivity index (χ0n) is 8.34. The van der Waals surface area contributed by atoms with Crippen LogP contribution in [0.4, 0.5) is 0 Å². The summed E-state index contributed by atoms with van der Waals surface area (Å²) in [5.74, 6) is -0.512. The van der Waals surface area contributed by atoms with E-state index in [1.807, 2.05) is 6.07 Å². The van der Waals surface area contributed by atoms with Crippen LogP contribution in [0.2, 0.25) is 0 Å². The predicted molar refractivity (Wildman–Crippen MR) is 54.2 cm³/mol. The summed E-state index contributed by atoms with van der Waals surface area (Å²) in [6.45, 7) is 3.01. The molecule has 0 saturated carbocycles. The molecule has 14 heavy (non-hydrogen) atoms. The van der Waals surface area contributed by atoms with Crippen molar-refractivity contribution in [1.82, 2.24) is 0 Å². The first-order valence-electron chi connectivity index (χ1n) is 4.09. The van der Waals surface area contributed by atoms with Crippen LogP contribution in [0, 0.1) is 0 Å². The Morgan fingerprint density at radius 3 is 1.71 bits per heavy atom. The zero-order valence-corrected chi connectivity index (χ0v) is 8.34. The molecule has 4 heteroatoms. The van der Waals surface area contributed by atoms with E-state index < -0.39 is 5.97 Å². The second-order valence-corrected chi connectivity index (χ2v) is 2.17. The largest absolute Gasteiger partial charge is 0.508 e. The number of aliphatic hydroxyl groups is 1. The number of carbonyl (C=O) groups is 1. The van der Waals surface area contributed by atoms with Crippen molar-refractivity contribution in [2.75, 3.05) is 6.61 Å². The molecule has 0 heterocycles. The Morgan fingerprint density at radius 2 is 1.57 bits per heavy atom. The Balaban J connectivity index is 0. The van der Waals surface area contributed by atoms with Gasteiger partial charge in [-0.2, -0.15) is 0 Å². The molecule has 0 aliphatic rings. The Hall–Kier alpha value is -1.55. The number of benzene rings is 1. The summed E-state index contributed by atoms with van der Waals surface area (Å²) in [7, 11) is 0. The van der Waals surface area contributed by atoms with Crippen molar-refractivity contribution in [3.63, 3.8) is 0 Å². The van der Waals surface area contributed by atoms with Crippen LogP contribution in [0.25, 0.3) is 0 Å². The van der Waals surface area contributed by atoms with Gasteiger partial charge in [-0.1, -0.05) is 18.2 Å². The lowest BCUT2D eigenvalue weighted by Crippen LogP contribution is -1.78. The monoisotopic (exact) mass is 200 g/mol. The van der Waals surface area contributed by atoms with Gasteiger partial charge in [-0.15, -0.1) is 0 Å². The Labute approximate surface area is 83.4 Å². The SMILES string of the molecule is CC(=O)O.CCO.Oc1ccccc1. The fraction of sp³-hybridized carbons (Fsp3) is 0.300. The van der Waals surface area contributed by atoms with E-state index in [1.165, 1.54) is 0 Å². The normalized spacial score (nSPS) is 7.36. The van der Waals surface area contributed by atoms with Crippen LogP contribution in [-0.4, -0.2) is 27.9 Å². The van der Waals surface area contributed by atoms with E-state index in [9.17, 15) is 0 Å². The molecule has 0 saturated heterocycles. The first-order valence-corrected chi connectivity index (χ1v) is 4.09. The topological polar surface area (TPSA) is 77.8 Å². The van der Waals surface area contributed by atoms with Crippen LogP contribution in [-0.2, 0) is 4.79 Å². The molecular formula is C10H16O4. The van der Waals surface area contributed by atoms with Gasteiger partial charge in [0.05, 0.1) is 0 Å². The third-order valence-corrected chi connectivity index (χ3v) is 0.756. The van der Waals surface area contributed by atoms with E-state index in [2.05, 4.69) is 0 Å². The van der Waals surface area contributed by atoms with Crippen molar-refractivity contribution in [3.05, 3.63) is 30.3 Å². The number of para-hydroxylation sites is 1. The van der Waals surface area contributed by atoms with Crippen LogP contribution in [0.3, 0.4) is 0 Å². The fourth-order valence-corrected chi connectivity index (χ4v) is 0.428. The third-order valence-electron chi connectivity index (χ3n) is 0.756. The average Bonchev–Trinajstić information content (AvgIpc) is 2.05. The summed E-state index contributed by atoms with van der Waals surface area (Å²) in [4.78, 5) is 9.00. The van der Waals surface area contributed by atoms with Crippen molar-refractivity contribution in [3.8, 4) is 5.75 Å². The molecule has 0 amide bonds. The van der Waals surface area contributed by atoms with E-state index >= 15 is 0 Å². The van der Waals surface area contributed by atoms with Gasteiger partial charge in [-0.25, -0.2) is 0 Å². The Morgan fingerprint density at radius 1 is 1.29 bits per heavy atom. The van der Waals surface area contributed by atoms with Crippen molar-refractivity contribution >= 4 is 5.97 Å². The number of hydrogen-bond donors (Lipinski definition) is 3. The fourth-order valence-electron chi connectivity index (χ4n) is 0.428. The molecule has 0 unspecified atom stereocenters. The van der Waals surface area contributed by atoms with Gasteiger partial charge >= 0.3 is 0 Å². The molecule has 1 aromatic carbocycles. The number of aromatic hydroxyl groups is 1. The highest BCUT2D eigenvalue weighted by Gasteiger charge is 1.74. The van der Waals surface area contributed by atoms with Crippen LogP contribution in [0.15, 0.2) is 30.3 Å². The van der Waals surface area contributed by atoms with Gasteiger partial charge in [0.15, 0.2) is 0 Å².